The number of allylic oxidation sites excluding steroid dienone is 1. The van der Waals surface area contributed by atoms with E-state index in [-0.39, 0.29) is 31.0 Å². The lowest BCUT2D eigenvalue weighted by Crippen LogP contribution is -2.56. The molecular weight excluding hydrogens is 733 g/mol. The number of amides is 3. The number of aromatic nitrogens is 2. The minimum absolute atomic E-state index is 0.0501. The van der Waals surface area contributed by atoms with Gasteiger partial charge in [-0.3, -0.25) is 9.59 Å². The maximum Gasteiger partial charge on any atom is 0.408 e. The molecule has 3 aromatic rings. The highest BCUT2D eigenvalue weighted by Gasteiger charge is 2.62. The molecule has 3 amide bonds. The molecule has 0 spiro atoms. The van der Waals surface area contributed by atoms with Crippen LogP contribution in [0.5, 0.6) is 5.75 Å². The molecule has 3 N–H and O–H groups in total. The Morgan fingerprint density at radius 3 is 2.64 bits per heavy atom. The van der Waals surface area contributed by atoms with Crippen LogP contribution in [-0.2, 0) is 23.9 Å². The molecule has 56 heavy (non-hydrogen) atoms. The molecule has 1 saturated heterocycles. The summed E-state index contributed by atoms with van der Waals surface area (Å²) in [4.78, 5) is 66.5. The number of para-hydroxylation sites is 1. The summed E-state index contributed by atoms with van der Waals surface area (Å²) in [6.45, 7) is 4.13. The lowest BCUT2D eigenvalue weighted by atomic mass is 10.0. The van der Waals surface area contributed by atoms with E-state index in [9.17, 15) is 19.2 Å². The topological polar surface area (TPSA) is 161 Å². The van der Waals surface area contributed by atoms with Crippen LogP contribution in [0.1, 0.15) is 90.0 Å². The fourth-order valence-electron chi connectivity index (χ4n) is 8.10. The highest BCUT2D eigenvalue weighted by atomic mass is 32.1. The van der Waals surface area contributed by atoms with Gasteiger partial charge >= 0.3 is 12.1 Å². The van der Waals surface area contributed by atoms with Crippen LogP contribution in [0.25, 0.3) is 22.3 Å². The van der Waals surface area contributed by atoms with Crippen molar-refractivity contribution >= 4 is 51.2 Å². The standard InChI is InChI=1S/C42H50N6O7S/c1-5-26-14-13-18-30-35(21-32(44-36(26)30)33-24-56-40(45-33)43-25(2)3)54-29-20-34-37(49)47-42(39(51)53-4)22-27(42)15-9-7-6-8-10-19-31(38(50)48(34)23-29)46-41(52)55-28-16-11-12-17-28/h1,9,13-15,18,21,24-25,27-29,31,34H,6-8,10-12,16-17,19-20,22-23H2,2-4H3,(H,43,45)(H,46,52)(H,47,49)/t27?,29-,31+,34+,42-/m1/s1. The maximum atomic E-state index is 14.6. The Hall–Kier alpha value is -5.16. The normalized spacial score (nSPS) is 25.7. The second-order valence-electron chi connectivity index (χ2n) is 15.5. The number of fused-ring (bicyclic) bond motifs is 3. The first-order valence-electron chi connectivity index (χ1n) is 19.7. The van der Waals surface area contributed by atoms with Gasteiger partial charge in [0.05, 0.1) is 30.4 Å². The second kappa shape index (κ2) is 16.9. The van der Waals surface area contributed by atoms with E-state index in [1.807, 2.05) is 55.6 Å². The van der Waals surface area contributed by atoms with Crippen LogP contribution in [0.15, 0.2) is 41.8 Å². The van der Waals surface area contributed by atoms with E-state index in [0.717, 1.165) is 50.1 Å². The summed E-state index contributed by atoms with van der Waals surface area (Å²) in [5.41, 5.74) is 1.12. The first kappa shape index (κ1) is 39.1. The van der Waals surface area contributed by atoms with Gasteiger partial charge in [0.25, 0.3) is 0 Å². The van der Waals surface area contributed by atoms with E-state index in [2.05, 4.69) is 21.9 Å². The number of pyridine rings is 1. The van der Waals surface area contributed by atoms with Gasteiger partial charge in [-0.2, -0.15) is 0 Å². The third-order valence-corrected chi connectivity index (χ3v) is 11.9. The number of methoxy groups -OCH3 is 1. The number of carbonyl (C=O) groups is 4. The van der Waals surface area contributed by atoms with Gasteiger partial charge in [0, 0.05) is 35.2 Å². The van der Waals surface area contributed by atoms with E-state index in [0.29, 0.717) is 52.9 Å². The Morgan fingerprint density at radius 2 is 1.88 bits per heavy atom. The van der Waals surface area contributed by atoms with Crippen LogP contribution >= 0.6 is 11.3 Å². The van der Waals surface area contributed by atoms with Gasteiger partial charge in [-0.1, -0.05) is 37.0 Å². The number of benzene rings is 1. The summed E-state index contributed by atoms with van der Waals surface area (Å²) in [6, 6.07) is 5.60. The molecule has 2 aliphatic carbocycles. The minimum Gasteiger partial charge on any atom is -0.488 e. The number of hydrogen-bond acceptors (Lipinski definition) is 11. The number of thiazole rings is 1. The minimum atomic E-state index is -1.22. The molecule has 13 nitrogen and oxygen atoms in total. The van der Waals surface area contributed by atoms with Gasteiger partial charge in [-0.15, -0.1) is 17.8 Å². The van der Waals surface area contributed by atoms with Crippen LogP contribution in [0.3, 0.4) is 0 Å². The van der Waals surface area contributed by atoms with E-state index in [1.165, 1.54) is 23.3 Å². The van der Waals surface area contributed by atoms with Crippen molar-refractivity contribution in [3.05, 3.63) is 47.4 Å². The quantitative estimate of drug-likeness (QED) is 0.138. The smallest absolute Gasteiger partial charge is 0.408 e. The van der Waals surface area contributed by atoms with Crippen molar-refractivity contribution < 1.29 is 33.4 Å². The molecule has 296 valence electrons. The van der Waals surface area contributed by atoms with Crippen LogP contribution in [0, 0.1) is 18.3 Å². The highest BCUT2D eigenvalue weighted by molar-refractivity contribution is 7.14. The first-order chi connectivity index (χ1) is 27.1. The Labute approximate surface area is 331 Å². The van der Waals surface area contributed by atoms with Crippen molar-refractivity contribution in [2.24, 2.45) is 5.92 Å². The van der Waals surface area contributed by atoms with Crippen LogP contribution in [0.4, 0.5) is 9.93 Å². The summed E-state index contributed by atoms with van der Waals surface area (Å²) < 4.78 is 17.6. The van der Waals surface area contributed by atoms with Gasteiger partial charge in [0.2, 0.25) is 11.8 Å². The van der Waals surface area contributed by atoms with Gasteiger partial charge < -0.3 is 35.1 Å². The Morgan fingerprint density at radius 1 is 1.07 bits per heavy atom. The average Bonchev–Trinajstić information content (AvgIpc) is 3.62. The summed E-state index contributed by atoms with van der Waals surface area (Å²) in [5.74, 6) is 1.55. The molecule has 7 rings (SSSR count). The van der Waals surface area contributed by atoms with Crippen molar-refractivity contribution in [1.29, 1.82) is 0 Å². The molecule has 3 fully saturated rings. The predicted molar refractivity (Wildman–Crippen MR) is 213 cm³/mol. The predicted octanol–water partition coefficient (Wildman–Crippen LogP) is 6.11. The van der Waals surface area contributed by atoms with E-state index in [1.54, 1.807) is 0 Å². The number of anilines is 1. The summed E-state index contributed by atoms with van der Waals surface area (Å²) in [5, 5.41) is 12.5. The number of terminal acetylenes is 1. The SMILES string of the molecule is C#Cc1cccc2c(O[C@@H]3C[C@H]4C(=O)N[C@]5(C(=O)OC)CC5C=CCCCCC[C@H](NC(=O)OC5CCCC5)C(=O)N4C3)cc(-c3csc(NC(C)C)n3)nc12. The Balaban J connectivity index is 1.21. The number of nitrogens with one attached hydrogen (secondary N) is 3. The van der Waals surface area contributed by atoms with Crippen LogP contribution < -0.4 is 20.7 Å². The Bertz CT molecular complexity index is 2040. The molecule has 2 aromatic heterocycles. The largest absolute Gasteiger partial charge is 0.488 e. The van der Waals surface area contributed by atoms with Crippen molar-refractivity contribution in [2.75, 3.05) is 19.0 Å². The van der Waals surface area contributed by atoms with Crippen molar-refractivity contribution in [3.8, 4) is 29.5 Å². The van der Waals surface area contributed by atoms with Gasteiger partial charge in [-0.05, 0) is 77.3 Å². The van der Waals surface area contributed by atoms with Crippen LogP contribution in [-0.4, -0.2) is 88.3 Å². The molecule has 4 aliphatic rings. The van der Waals surface area contributed by atoms with E-state index < -0.39 is 47.6 Å². The molecule has 2 aliphatic heterocycles. The zero-order valence-corrected chi connectivity index (χ0v) is 33.0. The molecule has 2 saturated carbocycles. The number of alkyl carbamates (subject to hydrolysis) is 1. The zero-order valence-electron chi connectivity index (χ0n) is 32.2. The second-order valence-corrected chi connectivity index (χ2v) is 16.4. The number of rotatable bonds is 8. The van der Waals surface area contributed by atoms with Gasteiger partial charge in [0.1, 0.15) is 41.3 Å². The molecule has 14 heteroatoms. The number of hydrogen-bond donors (Lipinski definition) is 3. The Kier molecular flexibility index (Phi) is 11.8. The summed E-state index contributed by atoms with van der Waals surface area (Å²) in [7, 11) is 1.31. The van der Waals surface area contributed by atoms with Crippen molar-refractivity contribution in [2.45, 2.75) is 120 Å². The molecule has 0 bridgehead atoms. The monoisotopic (exact) mass is 782 g/mol. The third-order valence-electron chi connectivity index (χ3n) is 11.1. The van der Waals surface area contributed by atoms with Crippen LogP contribution in [0.2, 0.25) is 0 Å². The van der Waals surface area contributed by atoms with E-state index in [4.69, 9.17) is 30.6 Å². The van der Waals surface area contributed by atoms with Crippen molar-refractivity contribution in [1.82, 2.24) is 25.5 Å². The fraction of sp³-hybridized carbons (Fsp3) is 0.524. The lowest BCUT2D eigenvalue weighted by Gasteiger charge is -2.29. The number of nitrogens with zero attached hydrogens (tertiary/aromatic N) is 3. The zero-order chi connectivity index (χ0) is 39.4. The number of carbonyl (C=O) groups excluding carboxylic acids is 4. The lowest BCUT2D eigenvalue weighted by molar-refractivity contribution is -0.148. The highest BCUT2D eigenvalue weighted by Crippen LogP contribution is 2.46. The third kappa shape index (κ3) is 8.48. The number of esters is 1. The number of ether oxygens (including phenoxy) is 3. The molecule has 4 heterocycles. The first-order valence-corrected chi connectivity index (χ1v) is 20.6. The van der Waals surface area contributed by atoms with Gasteiger partial charge in [-0.25, -0.2) is 19.6 Å². The van der Waals surface area contributed by atoms with Crippen molar-refractivity contribution in [3.63, 3.8) is 0 Å². The molecule has 1 aromatic carbocycles. The molecule has 1 unspecified atom stereocenters. The molecular formula is C42H50N6O7S. The summed E-state index contributed by atoms with van der Waals surface area (Å²) in [6.07, 6.45) is 16.1. The summed E-state index contributed by atoms with van der Waals surface area (Å²) >= 11 is 1.47. The van der Waals surface area contributed by atoms with E-state index >= 15 is 0 Å². The molecule has 0 radical (unpaired) electrons. The average molecular weight is 783 g/mol. The van der Waals surface area contributed by atoms with Gasteiger partial charge in [0.15, 0.2) is 5.13 Å². The fourth-order valence-corrected chi connectivity index (χ4v) is 8.95. The maximum absolute atomic E-state index is 14.6. The molecule has 5 atom stereocenters.